The van der Waals surface area contributed by atoms with Gasteiger partial charge in [-0.1, -0.05) is 60.1 Å². The van der Waals surface area contributed by atoms with Gasteiger partial charge in [0.05, 0.1) is 39.5 Å². The van der Waals surface area contributed by atoms with Gasteiger partial charge in [-0.15, -0.1) is 0 Å². The van der Waals surface area contributed by atoms with E-state index in [0.717, 1.165) is 0 Å². The summed E-state index contributed by atoms with van der Waals surface area (Å²) in [5.74, 6) is -2.85. The molecule has 1 fully saturated rings. The van der Waals surface area contributed by atoms with Gasteiger partial charge in [-0.3, -0.25) is 14.4 Å². The second-order valence-electron chi connectivity index (χ2n) is 9.12. The number of carbonyl (C=O) groups is 3. The lowest BCUT2D eigenvalue weighted by atomic mass is 9.66. The van der Waals surface area contributed by atoms with Crippen LogP contribution in [0.2, 0.25) is 5.02 Å². The van der Waals surface area contributed by atoms with Gasteiger partial charge in [0.15, 0.2) is 17.3 Å². The normalized spacial score (nSPS) is 19.5. The maximum absolute atomic E-state index is 14.4. The van der Waals surface area contributed by atoms with Gasteiger partial charge in [-0.25, -0.2) is 0 Å². The molecule has 0 bridgehead atoms. The topological polar surface area (TPSA) is 97.4 Å². The van der Waals surface area contributed by atoms with E-state index in [1.54, 1.807) is 86.6 Å². The zero-order valence-corrected chi connectivity index (χ0v) is 23.5. The first kappa shape index (κ1) is 29.1. The average molecular weight is 567 g/mol. The Balaban J connectivity index is 2.04. The van der Waals surface area contributed by atoms with Gasteiger partial charge in [0.2, 0.25) is 5.41 Å². The van der Waals surface area contributed by atoms with Crippen LogP contribution in [0.3, 0.4) is 0 Å². The molecule has 0 amide bonds. The van der Waals surface area contributed by atoms with E-state index in [1.165, 1.54) is 14.2 Å². The third kappa shape index (κ3) is 5.17. The first-order valence-electron chi connectivity index (χ1n) is 12.9. The van der Waals surface area contributed by atoms with Crippen molar-refractivity contribution >= 4 is 29.3 Å². The highest BCUT2D eigenvalue weighted by Crippen LogP contribution is 2.60. The number of rotatable bonds is 10. The Morgan fingerprint density at radius 3 is 1.93 bits per heavy atom. The molecule has 0 unspecified atom stereocenters. The molecule has 8 nitrogen and oxygen atoms in total. The highest BCUT2D eigenvalue weighted by Gasteiger charge is 2.70. The summed E-state index contributed by atoms with van der Waals surface area (Å²) in [7, 11) is 2.97. The summed E-state index contributed by atoms with van der Waals surface area (Å²) < 4.78 is 28.5. The van der Waals surface area contributed by atoms with Crippen LogP contribution >= 0.6 is 11.6 Å². The highest BCUT2D eigenvalue weighted by atomic mass is 35.5. The number of methoxy groups -OCH3 is 2. The molecule has 3 atom stereocenters. The summed E-state index contributed by atoms with van der Waals surface area (Å²) in [5.41, 5.74) is -0.926. The van der Waals surface area contributed by atoms with Gasteiger partial charge in [-0.05, 0) is 49.2 Å². The van der Waals surface area contributed by atoms with Crippen molar-refractivity contribution in [3.63, 3.8) is 0 Å². The van der Waals surface area contributed by atoms with Crippen molar-refractivity contribution in [2.45, 2.75) is 26.1 Å². The number of hydrogen-bond donors (Lipinski definition) is 0. The van der Waals surface area contributed by atoms with Gasteiger partial charge in [0.25, 0.3) is 0 Å². The monoisotopic (exact) mass is 566 g/mol. The van der Waals surface area contributed by atoms with E-state index in [4.69, 9.17) is 35.3 Å². The molecule has 1 aliphatic rings. The molecule has 0 N–H and O–H groups in total. The Morgan fingerprint density at radius 1 is 0.800 bits per heavy atom. The lowest BCUT2D eigenvalue weighted by Crippen LogP contribution is -2.51. The standard InChI is InChI=1S/C31H31ClO8/c1-5-38-29(34)31(30(35)39-6-2)25(26(33)19-10-8-7-9-11-19)27(20-12-15-22(32)16-13-20)40-28(31)21-14-17-23(36-3)24(18-21)37-4/h7-18,25,27-28H,5-6H2,1-4H3/t25-,27-,28+/m1/s1. The van der Waals surface area contributed by atoms with Gasteiger partial charge in [-0.2, -0.15) is 0 Å². The fourth-order valence-corrected chi connectivity index (χ4v) is 5.32. The number of ketones is 1. The molecule has 0 saturated carbocycles. The smallest absolute Gasteiger partial charge is 0.327 e. The zero-order valence-electron chi connectivity index (χ0n) is 22.7. The van der Waals surface area contributed by atoms with Crippen LogP contribution in [-0.4, -0.2) is 45.2 Å². The number of hydrogen-bond acceptors (Lipinski definition) is 8. The Bertz CT molecular complexity index is 1340. The van der Waals surface area contributed by atoms with E-state index in [9.17, 15) is 14.4 Å². The fraction of sp³-hybridized carbons (Fsp3) is 0.323. The Hall–Kier alpha value is -3.88. The van der Waals surface area contributed by atoms with E-state index in [-0.39, 0.29) is 13.2 Å². The number of benzene rings is 3. The molecule has 0 aliphatic carbocycles. The number of ether oxygens (including phenoxy) is 5. The molecule has 210 valence electrons. The largest absolute Gasteiger partial charge is 0.493 e. The van der Waals surface area contributed by atoms with E-state index in [1.807, 2.05) is 0 Å². The third-order valence-corrected chi connectivity index (χ3v) is 7.22. The van der Waals surface area contributed by atoms with Crippen LogP contribution in [0.25, 0.3) is 0 Å². The first-order valence-corrected chi connectivity index (χ1v) is 13.3. The van der Waals surface area contributed by atoms with E-state index >= 15 is 0 Å². The van der Waals surface area contributed by atoms with E-state index in [0.29, 0.717) is 33.2 Å². The maximum Gasteiger partial charge on any atom is 0.327 e. The van der Waals surface area contributed by atoms with Crippen molar-refractivity contribution in [2.24, 2.45) is 11.3 Å². The van der Waals surface area contributed by atoms with Gasteiger partial charge in [0, 0.05) is 10.6 Å². The van der Waals surface area contributed by atoms with Crippen LogP contribution in [0, 0.1) is 11.3 Å². The molecule has 0 radical (unpaired) electrons. The molecule has 3 aromatic rings. The van der Waals surface area contributed by atoms with Gasteiger partial charge in [0.1, 0.15) is 6.10 Å². The van der Waals surface area contributed by atoms with Crippen LogP contribution in [0.4, 0.5) is 0 Å². The SMILES string of the molecule is CCOC(=O)C1(C(=O)OCC)[C@H](C(=O)c2ccccc2)[C@@H](c2ccc(Cl)cc2)O[C@H]1c1ccc(OC)c(OC)c1. The minimum absolute atomic E-state index is 0.0312. The van der Waals surface area contributed by atoms with Crippen molar-refractivity contribution in [2.75, 3.05) is 27.4 Å². The lowest BCUT2D eigenvalue weighted by Gasteiger charge is -2.34. The molecule has 1 saturated heterocycles. The predicted molar refractivity (Wildman–Crippen MR) is 148 cm³/mol. The summed E-state index contributed by atoms with van der Waals surface area (Å²) in [5, 5.41) is 0.478. The molecule has 1 heterocycles. The van der Waals surface area contributed by atoms with E-state index < -0.39 is 41.3 Å². The Kier molecular flexibility index (Phi) is 9.12. The molecule has 0 aromatic heterocycles. The van der Waals surface area contributed by atoms with Crippen molar-refractivity contribution in [1.29, 1.82) is 0 Å². The number of halogens is 1. The summed E-state index contributed by atoms with van der Waals surface area (Å²) >= 11 is 6.16. The van der Waals surface area contributed by atoms with Crippen LogP contribution in [0.1, 0.15) is 47.5 Å². The molecule has 9 heteroatoms. The fourth-order valence-electron chi connectivity index (χ4n) is 5.19. The number of carbonyl (C=O) groups excluding carboxylic acids is 3. The molecule has 3 aromatic carbocycles. The number of esters is 2. The molecule has 1 aliphatic heterocycles. The van der Waals surface area contributed by atoms with Gasteiger partial charge < -0.3 is 23.7 Å². The minimum atomic E-state index is -2.19. The molecular weight excluding hydrogens is 536 g/mol. The van der Waals surface area contributed by atoms with Crippen LogP contribution in [0.5, 0.6) is 11.5 Å². The van der Waals surface area contributed by atoms with Crippen molar-refractivity contribution in [3.05, 3.63) is 94.5 Å². The van der Waals surface area contributed by atoms with Crippen molar-refractivity contribution in [3.8, 4) is 11.5 Å². The lowest BCUT2D eigenvalue weighted by molar-refractivity contribution is -0.178. The molecular formula is C31H31ClO8. The quantitative estimate of drug-likeness (QED) is 0.173. The van der Waals surface area contributed by atoms with Gasteiger partial charge >= 0.3 is 11.9 Å². The summed E-state index contributed by atoms with van der Waals surface area (Å²) in [4.78, 5) is 42.5. The zero-order chi connectivity index (χ0) is 28.9. The van der Waals surface area contributed by atoms with E-state index in [2.05, 4.69) is 0 Å². The summed E-state index contributed by atoms with van der Waals surface area (Å²) in [6, 6.07) is 20.1. The van der Waals surface area contributed by atoms with Crippen LogP contribution in [-0.2, 0) is 23.8 Å². The second-order valence-corrected chi connectivity index (χ2v) is 9.56. The molecule has 40 heavy (non-hydrogen) atoms. The van der Waals surface area contributed by atoms with Crippen molar-refractivity contribution in [1.82, 2.24) is 0 Å². The summed E-state index contributed by atoms with van der Waals surface area (Å²) in [6.45, 7) is 3.19. The Labute approximate surface area is 238 Å². The minimum Gasteiger partial charge on any atom is -0.493 e. The first-order chi connectivity index (χ1) is 19.3. The second kappa shape index (κ2) is 12.5. The van der Waals surface area contributed by atoms with Crippen molar-refractivity contribution < 1.29 is 38.1 Å². The van der Waals surface area contributed by atoms with Crippen LogP contribution < -0.4 is 9.47 Å². The highest BCUT2D eigenvalue weighted by molar-refractivity contribution is 6.30. The molecule has 0 spiro atoms. The predicted octanol–water partition coefficient (Wildman–Crippen LogP) is 5.78. The summed E-state index contributed by atoms with van der Waals surface area (Å²) in [6.07, 6.45) is -2.30. The third-order valence-electron chi connectivity index (χ3n) is 6.97. The van der Waals surface area contributed by atoms with Crippen LogP contribution in [0.15, 0.2) is 72.8 Å². The maximum atomic E-state index is 14.4. The molecule has 4 rings (SSSR count). The Morgan fingerprint density at radius 2 is 1.38 bits per heavy atom. The number of Topliss-reactive ketones (excluding diaryl/α,β-unsaturated/α-hetero) is 1. The average Bonchev–Trinajstić information content (AvgIpc) is 3.34.